The molecule has 1 aliphatic rings. The Labute approximate surface area is 119 Å². The Morgan fingerprint density at radius 3 is 2.15 bits per heavy atom. The molecule has 0 N–H and O–H groups in total. The van der Waals surface area contributed by atoms with Gasteiger partial charge in [-0.05, 0) is 18.8 Å². The quantitative estimate of drug-likeness (QED) is 0.560. The number of rotatable bonds is 2. The first-order chi connectivity index (χ1) is 5.58. The first kappa shape index (κ1) is 14.2. The summed E-state index contributed by atoms with van der Waals surface area (Å²) in [6.45, 7) is -3.58. The summed E-state index contributed by atoms with van der Waals surface area (Å²) in [6.07, 6.45) is 2.69. The maximum absolute atomic E-state index is 11.8. The largest absolute Gasteiger partial charge is 1.00 e. The number of ether oxygens (including phenoxy) is 1. The second-order valence-corrected chi connectivity index (χ2v) is 2.96. The molecule has 1 aliphatic heterocycles. The average molecular weight is 218 g/mol. The van der Waals surface area contributed by atoms with Crippen molar-refractivity contribution in [1.82, 2.24) is 0 Å². The molecule has 70 valence electrons. The molecular weight excluding hydrogens is 207 g/mol. The van der Waals surface area contributed by atoms with E-state index in [9.17, 15) is 12.9 Å². The van der Waals surface area contributed by atoms with Gasteiger partial charge in [-0.2, -0.15) is 0 Å². The molecule has 0 aromatic rings. The zero-order valence-corrected chi connectivity index (χ0v) is 10.8. The minimum atomic E-state index is -4.75. The maximum atomic E-state index is 11.8. The summed E-state index contributed by atoms with van der Waals surface area (Å²) in [6, 6.07) is 0. The zero-order chi connectivity index (χ0) is 9.03. The van der Waals surface area contributed by atoms with Gasteiger partial charge in [0.05, 0.1) is 0 Å². The minimum Gasteiger partial charge on any atom is -0.445 e. The summed E-state index contributed by atoms with van der Waals surface area (Å²) >= 11 is 0. The molecule has 0 bridgehead atoms. The van der Waals surface area contributed by atoms with Gasteiger partial charge in [-0.3, -0.25) is 0 Å². The number of halogens is 3. The smallest absolute Gasteiger partial charge is 0.445 e. The average Bonchev–Trinajstić information content (AvgIpc) is 2.02. The molecule has 0 amide bonds. The molecule has 0 atom stereocenters. The van der Waals surface area contributed by atoms with E-state index in [1.807, 2.05) is 0 Å². The van der Waals surface area contributed by atoms with Crippen LogP contribution >= 0.6 is 0 Å². The van der Waals surface area contributed by atoms with E-state index >= 15 is 0 Å². The van der Waals surface area contributed by atoms with Crippen LogP contribution in [-0.4, -0.2) is 20.2 Å². The van der Waals surface area contributed by atoms with Gasteiger partial charge in [-0.15, -0.1) is 12.1 Å². The third kappa shape index (κ3) is 7.16. The Kier molecular flexibility index (Phi) is 7.24. The number of hydrogen-bond donors (Lipinski definition) is 0. The first-order valence-corrected chi connectivity index (χ1v) is 4.05. The van der Waals surface area contributed by atoms with Crippen molar-refractivity contribution in [2.45, 2.75) is 12.8 Å². The molecule has 0 saturated carbocycles. The van der Waals surface area contributed by atoms with Gasteiger partial charge in [0.15, 0.2) is 0 Å². The van der Waals surface area contributed by atoms with Gasteiger partial charge >= 0.3 is 58.4 Å². The summed E-state index contributed by atoms with van der Waals surface area (Å²) in [5.74, 6) is 0.443. The van der Waals surface area contributed by atoms with Crippen LogP contribution < -0.4 is 51.4 Å². The second-order valence-electron chi connectivity index (χ2n) is 2.96. The molecule has 1 rings (SSSR count). The molecular formula is C7H11BF3KO. The van der Waals surface area contributed by atoms with E-state index in [1.165, 1.54) is 6.08 Å². The normalized spacial score (nSPS) is 20.2. The Morgan fingerprint density at radius 1 is 1.15 bits per heavy atom. The molecule has 0 aromatic carbocycles. The predicted octanol–water partition coefficient (Wildman–Crippen LogP) is -0.640. The molecule has 13 heavy (non-hydrogen) atoms. The minimum absolute atomic E-state index is 0. The van der Waals surface area contributed by atoms with Crippen molar-refractivity contribution in [1.29, 1.82) is 0 Å². The van der Waals surface area contributed by atoms with Crippen LogP contribution in [0.5, 0.6) is 0 Å². The molecule has 0 aliphatic carbocycles. The van der Waals surface area contributed by atoms with Crippen LogP contribution in [0.25, 0.3) is 0 Å². The van der Waals surface area contributed by atoms with Crippen LogP contribution in [0.1, 0.15) is 12.8 Å². The van der Waals surface area contributed by atoms with Gasteiger partial charge in [0.1, 0.15) is 0 Å². The summed E-state index contributed by atoms with van der Waals surface area (Å²) in [5, 5.41) is 0. The molecule has 1 nitrogen and oxygen atoms in total. The van der Waals surface area contributed by atoms with E-state index in [1.54, 1.807) is 0 Å². The Bertz CT molecular complexity index is 166. The summed E-state index contributed by atoms with van der Waals surface area (Å²) in [4.78, 5) is 0. The third-order valence-corrected chi connectivity index (χ3v) is 1.87. The van der Waals surface area contributed by atoms with Crippen LogP contribution in [0.2, 0.25) is 0 Å². The SMILES string of the molecule is F[B-](F)(F)/C=C/C1CCOCC1.[K+]. The monoisotopic (exact) mass is 218 g/mol. The molecule has 0 radical (unpaired) electrons. The van der Waals surface area contributed by atoms with Crippen molar-refractivity contribution in [2.75, 3.05) is 13.2 Å². The van der Waals surface area contributed by atoms with Crippen LogP contribution in [0, 0.1) is 5.92 Å². The number of hydrogen-bond acceptors (Lipinski definition) is 1. The van der Waals surface area contributed by atoms with E-state index in [2.05, 4.69) is 0 Å². The van der Waals surface area contributed by atoms with Gasteiger partial charge in [-0.25, -0.2) is 0 Å². The molecule has 0 spiro atoms. The van der Waals surface area contributed by atoms with E-state index < -0.39 is 6.98 Å². The third-order valence-electron chi connectivity index (χ3n) is 1.87. The second kappa shape index (κ2) is 6.63. The van der Waals surface area contributed by atoms with Crippen LogP contribution in [-0.2, 0) is 4.74 Å². The summed E-state index contributed by atoms with van der Waals surface area (Å²) in [7, 11) is 0. The van der Waals surface area contributed by atoms with Gasteiger partial charge in [0.25, 0.3) is 0 Å². The molecule has 0 unspecified atom stereocenters. The fourth-order valence-corrected chi connectivity index (χ4v) is 1.19. The van der Waals surface area contributed by atoms with Crippen LogP contribution in [0.15, 0.2) is 12.1 Å². The van der Waals surface area contributed by atoms with Crippen molar-refractivity contribution in [3.63, 3.8) is 0 Å². The van der Waals surface area contributed by atoms with Crippen LogP contribution in [0.4, 0.5) is 12.9 Å². The van der Waals surface area contributed by atoms with Crippen molar-refractivity contribution in [3.8, 4) is 0 Å². The van der Waals surface area contributed by atoms with Crippen LogP contribution in [0.3, 0.4) is 0 Å². The Balaban J connectivity index is 0.00000144. The van der Waals surface area contributed by atoms with E-state index in [4.69, 9.17) is 4.74 Å². The van der Waals surface area contributed by atoms with E-state index in [0.29, 0.717) is 32.0 Å². The van der Waals surface area contributed by atoms with E-state index in [0.717, 1.165) is 0 Å². The van der Waals surface area contributed by atoms with Gasteiger partial charge in [0, 0.05) is 13.2 Å². The first-order valence-electron chi connectivity index (χ1n) is 4.05. The molecule has 6 heteroatoms. The topological polar surface area (TPSA) is 9.23 Å². The predicted molar refractivity (Wildman–Crippen MR) is 41.8 cm³/mol. The fraction of sp³-hybridized carbons (Fsp3) is 0.714. The van der Waals surface area contributed by atoms with Crippen molar-refractivity contribution in [3.05, 3.63) is 12.1 Å². The van der Waals surface area contributed by atoms with Crippen molar-refractivity contribution < 1.29 is 69.1 Å². The molecule has 1 fully saturated rings. The maximum Gasteiger partial charge on any atom is 1.00 e. The van der Waals surface area contributed by atoms with Gasteiger partial charge in [0.2, 0.25) is 0 Å². The van der Waals surface area contributed by atoms with Gasteiger partial charge < -0.3 is 17.7 Å². The number of allylic oxidation sites excluding steroid dienone is 1. The van der Waals surface area contributed by atoms with Crippen molar-refractivity contribution in [2.24, 2.45) is 5.92 Å². The molecule has 1 heterocycles. The Morgan fingerprint density at radius 2 is 1.69 bits per heavy atom. The van der Waals surface area contributed by atoms with Crippen molar-refractivity contribution >= 4 is 6.98 Å². The fourth-order valence-electron chi connectivity index (χ4n) is 1.19. The zero-order valence-electron chi connectivity index (χ0n) is 7.68. The van der Waals surface area contributed by atoms with E-state index in [-0.39, 0.29) is 57.3 Å². The Hall–Kier alpha value is 1.19. The van der Waals surface area contributed by atoms with Gasteiger partial charge in [-0.1, -0.05) is 0 Å². The molecule has 1 saturated heterocycles. The summed E-state index contributed by atoms with van der Waals surface area (Å²) < 4.78 is 40.3. The molecule has 0 aromatic heterocycles. The standard InChI is InChI=1S/C7H11BF3O.K/c9-8(10,11)4-1-7-2-5-12-6-3-7;/h1,4,7H,2-3,5-6H2;/q-1;+1/b4-1+;. The summed E-state index contributed by atoms with van der Waals surface area (Å²) in [5.41, 5.74) is 0.